The van der Waals surface area contributed by atoms with Crippen LogP contribution in [-0.2, 0) is 4.79 Å². The third-order valence-electron chi connectivity index (χ3n) is 3.51. The summed E-state index contributed by atoms with van der Waals surface area (Å²) in [5, 5.41) is 1.42. The highest BCUT2D eigenvalue weighted by molar-refractivity contribution is 8.00. The highest BCUT2D eigenvalue weighted by Crippen LogP contribution is 2.44. The number of rotatable bonds is 2. The lowest BCUT2D eigenvalue weighted by molar-refractivity contribution is -0.115. The summed E-state index contributed by atoms with van der Waals surface area (Å²) in [5.41, 5.74) is 2.00. The van der Waals surface area contributed by atoms with Crippen LogP contribution in [0, 0.1) is 0 Å². The van der Waals surface area contributed by atoms with E-state index in [1.54, 1.807) is 28.0 Å². The zero-order chi connectivity index (χ0) is 15.1. The van der Waals surface area contributed by atoms with Gasteiger partial charge < -0.3 is 0 Å². The smallest absolute Gasteiger partial charge is 0.240 e. The molecule has 1 amide bonds. The molecule has 6 heteroatoms. The lowest BCUT2D eigenvalue weighted by Gasteiger charge is -2.21. The average molecular weight is 347 g/mol. The number of carbonyl (C=O) groups excluding carboxylic acids is 1. The highest BCUT2D eigenvalue weighted by atomic mass is 35.5. The Morgan fingerprint density at radius 2 is 1.91 bits per heavy atom. The van der Waals surface area contributed by atoms with E-state index in [2.05, 4.69) is 4.98 Å². The number of fused-ring (bicyclic) bond motifs is 1. The molecule has 0 spiro atoms. The maximum atomic E-state index is 12.3. The maximum absolute atomic E-state index is 12.3. The van der Waals surface area contributed by atoms with E-state index in [4.69, 9.17) is 11.6 Å². The van der Waals surface area contributed by atoms with Crippen molar-refractivity contribution in [2.75, 3.05) is 10.7 Å². The minimum atomic E-state index is -0.0367. The number of thioether (sulfide) groups is 1. The molecule has 1 fully saturated rings. The van der Waals surface area contributed by atoms with Crippen LogP contribution in [0.3, 0.4) is 0 Å². The number of halogens is 1. The number of anilines is 1. The molecule has 1 aliphatic rings. The molecule has 1 aliphatic heterocycles. The second-order valence-electron chi connectivity index (χ2n) is 4.94. The molecular weight excluding hydrogens is 336 g/mol. The Labute approximate surface area is 140 Å². The number of carbonyl (C=O) groups is 1. The fourth-order valence-electron chi connectivity index (χ4n) is 2.47. The predicted octanol–water partition coefficient (Wildman–Crippen LogP) is 4.73. The molecule has 3 nitrogen and oxygen atoms in total. The van der Waals surface area contributed by atoms with Gasteiger partial charge in [-0.3, -0.25) is 9.69 Å². The molecule has 0 aliphatic carbocycles. The van der Waals surface area contributed by atoms with Crippen LogP contribution in [0.25, 0.3) is 10.2 Å². The first kappa shape index (κ1) is 14.1. The lowest BCUT2D eigenvalue weighted by Crippen LogP contribution is -2.27. The first-order valence-electron chi connectivity index (χ1n) is 6.77. The molecule has 1 atom stereocenters. The minimum Gasteiger partial charge on any atom is -0.273 e. The lowest BCUT2D eigenvalue weighted by atomic mass is 10.2. The van der Waals surface area contributed by atoms with Gasteiger partial charge in [-0.05, 0) is 29.8 Å². The van der Waals surface area contributed by atoms with Crippen molar-refractivity contribution in [2.45, 2.75) is 5.37 Å². The monoisotopic (exact) mass is 346 g/mol. The first-order valence-corrected chi connectivity index (χ1v) is 9.01. The van der Waals surface area contributed by atoms with Gasteiger partial charge in [-0.25, -0.2) is 4.98 Å². The Balaban J connectivity index is 1.76. The van der Waals surface area contributed by atoms with Crippen LogP contribution in [-0.4, -0.2) is 16.6 Å². The van der Waals surface area contributed by atoms with Gasteiger partial charge >= 0.3 is 0 Å². The number of aromatic nitrogens is 1. The average Bonchev–Trinajstić information content (AvgIpc) is 3.11. The van der Waals surface area contributed by atoms with Crippen LogP contribution in [0.5, 0.6) is 0 Å². The van der Waals surface area contributed by atoms with E-state index in [0.717, 1.165) is 20.9 Å². The zero-order valence-corrected chi connectivity index (χ0v) is 13.8. The molecule has 0 saturated carbocycles. The van der Waals surface area contributed by atoms with Crippen LogP contribution >= 0.6 is 34.7 Å². The molecule has 1 aromatic heterocycles. The Morgan fingerprint density at radius 1 is 1.14 bits per heavy atom. The third kappa shape index (κ3) is 2.39. The van der Waals surface area contributed by atoms with E-state index in [9.17, 15) is 4.79 Å². The van der Waals surface area contributed by atoms with Crippen molar-refractivity contribution >= 4 is 56.0 Å². The van der Waals surface area contributed by atoms with Crippen LogP contribution < -0.4 is 4.90 Å². The van der Waals surface area contributed by atoms with Gasteiger partial charge in [0.2, 0.25) is 5.91 Å². The number of benzene rings is 2. The predicted molar refractivity (Wildman–Crippen MR) is 93.8 cm³/mol. The SMILES string of the molecule is O=C1CSC(c2ccc(Cl)cc2)N1c1nc2ccccc2s1. The summed E-state index contributed by atoms with van der Waals surface area (Å²) in [4.78, 5) is 18.8. The van der Waals surface area contributed by atoms with Gasteiger partial charge in [0, 0.05) is 5.02 Å². The zero-order valence-electron chi connectivity index (χ0n) is 11.4. The van der Waals surface area contributed by atoms with E-state index in [1.807, 2.05) is 48.5 Å². The van der Waals surface area contributed by atoms with Crippen LogP contribution in [0.2, 0.25) is 5.02 Å². The van der Waals surface area contributed by atoms with Crippen LogP contribution in [0.15, 0.2) is 48.5 Å². The molecule has 4 rings (SSSR count). The molecular formula is C16H11ClN2OS2. The minimum absolute atomic E-state index is 0.0367. The number of para-hydroxylation sites is 1. The Bertz CT molecular complexity index is 814. The van der Waals surface area contributed by atoms with Crippen LogP contribution in [0.1, 0.15) is 10.9 Å². The molecule has 2 heterocycles. The van der Waals surface area contributed by atoms with Crippen molar-refractivity contribution < 1.29 is 4.79 Å². The number of hydrogen-bond donors (Lipinski definition) is 0. The van der Waals surface area contributed by atoms with Gasteiger partial charge in [0.25, 0.3) is 0 Å². The third-order valence-corrected chi connectivity index (χ3v) is 6.01. The van der Waals surface area contributed by atoms with Gasteiger partial charge in [0.05, 0.1) is 16.0 Å². The summed E-state index contributed by atoms with van der Waals surface area (Å²) >= 11 is 9.13. The largest absolute Gasteiger partial charge is 0.273 e. The Morgan fingerprint density at radius 3 is 2.68 bits per heavy atom. The van der Waals surface area contributed by atoms with Gasteiger partial charge in [-0.15, -0.1) is 11.8 Å². The van der Waals surface area contributed by atoms with E-state index < -0.39 is 0 Å². The Kier molecular flexibility index (Phi) is 3.56. The molecule has 0 N–H and O–H groups in total. The maximum Gasteiger partial charge on any atom is 0.240 e. The molecule has 3 aromatic rings. The van der Waals surface area contributed by atoms with Crippen molar-refractivity contribution in [3.63, 3.8) is 0 Å². The molecule has 110 valence electrons. The summed E-state index contributed by atoms with van der Waals surface area (Å²) in [5.74, 6) is 0.576. The van der Waals surface area contributed by atoms with Crippen molar-refractivity contribution in [3.05, 3.63) is 59.1 Å². The number of amides is 1. The fourth-order valence-corrected chi connectivity index (χ4v) is 4.83. The quantitative estimate of drug-likeness (QED) is 0.672. The highest BCUT2D eigenvalue weighted by Gasteiger charge is 2.35. The summed E-state index contributed by atoms with van der Waals surface area (Å²) in [6.07, 6.45) is 0. The number of nitrogens with zero attached hydrogens (tertiary/aromatic N) is 2. The van der Waals surface area contributed by atoms with E-state index in [0.29, 0.717) is 10.8 Å². The number of hydrogen-bond acceptors (Lipinski definition) is 4. The first-order chi connectivity index (χ1) is 10.7. The second-order valence-corrected chi connectivity index (χ2v) is 7.46. The second kappa shape index (κ2) is 5.57. The molecule has 1 saturated heterocycles. The van der Waals surface area contributed by atoms with E-state index in [-0.39, 0.29) is 11.3 Å². The topological polar surface area (TPSA) is 33.2 Å². The fraction of sp³-hybridized carbons (Fsp3) is 0.125. The summed E-state index contributed by atoms with van der Waals surface area (Å²) in [7, 11) is 0. The Hall–Kier alpha value is -1.56. The normalized spacial score (nSPS) is 18.3. The number of thiazole rings is 1. The molecule has 1 unspecified atom stereocenters. The molecule has 22 heavy (non-hydrogen) atoms. The van der Waals surface area contributed by atoms with Crippen molar-refractivity contribution in [1.82, 2.24) is 4.98 Å². The molecule has 2 aromatic carbocycles. The van der Waals surface area contributed by atoms with Crippen molar-refractivity contribution in [2.24, 2.45) is 0 Å². The van der Waals surface area contributed by atoms with Gasteiger partial charge in [0.1, 0.15) is 5.37 Å². The van der Waals surface area contributed by atoms with E-state index in [1.165, 1.54) is 0 Å². The summed E-state index contributed by atoms with van der Waals surface area (Å²) < 4.78 is 1.09. The van der Waals surface area contributed by atoms with Gasteiger partial charge in [0.15, 0.2) is 5.13 Å². The van der Waals surface area contributed by atoms with Gasteiger partial charge in [-0.2, -0.15) is 0 Å². The van der Waals surface area contributed by atoms with Gasteiger partial charge in [-0.1, -0.05) is 47.2 Å². The summed E-state index contributed by atoms with van der Waals surface area (Å²) in [6.45, 7) is 0. The molecule has 0 radical (unpaired) electrons. The summed E-state index contributed by atoms with van der Waals surface area (Å²) in [6, 6.07) is 15.6. The molecule has 0 bridgehead atoms. The van der Waals surface area contributed by atoms with Crippen LogP contribution in [0.4, 0.5) is 5.13 Å². The standard InChI is InChI=1S/C16H11ClN2OS2/c17-11-7-5-10(6-8-11)15-19(14(20)9-21-15)16-18-12-3-1-2-4-13(12)22-16/h1-8,15H,9H2. The van der Waals surface area contributed by atoms with Crippen molar-refractivity contribution in [3.8, 4) is 0 Å². The van der Waals surface area contributed by atoms with Crippen molar-refractivity contribution in [1.29, 1.82) is 0 Å². The van der Waals surface area contributed by atoms with E-state index >= 15 is 0 Å².